The van der Waals surface area contributed by atoms with Crippen LogP contribution in [0.5, 0.6) is 0 Å². The van der Waals surface area contributed by atoms with Crippen molar-refractivity contribution in [2.75, 3.05) is 22.9 Å². The normalized spacial score (nSPS) is 15.0. The Hall–Kier alpha value is -2.92. The number of para-hydroxylation sites is 2. The molecule has 2 amide bonds. The van der Waals surface area contributed by atoms with Gasteiger partial charge in [0.25, 0.3) is 11.8 Å². The van der Waals surface area contributed by atoms with Crippen molar-refractivity contribution in [1.29, 1.82) is 0 Å². The van der Waals surface area contributed by atoms with Crippen LogP contribution >= 0.6 is 11.3 Å². The van der Waals surface area contributed by atoms with Crippen molar-refractivity contribution in [2.24, 2.45) is 0 Å². The first kappa shape index (κ1) is 16.3. The maximum atomic E-state index is 13.0. The van der Waals surface area contributed by atoms with Gasteiger partial charge in [-0.2, -0.15) is 0 Å². The summed E-state index contributed by atoms with van der Waals surface area (Å²) in [6.45, 7) is 1.39. The molecule has 0 bridgehead atoms. The Labute approximate surface area is 161 Å². The predicted octanol–water partition coefficient (Wildman–Crippen LogP) is 4.15. The first-order valence-corrected chi connectivity index (χ1v) is 9.93. The molecule has 0 spiro atoms. The van der Waals surface area contributed by atoms with Crippen molar-refractivity contribution in [3.8, 4) is 0 Å². The predicted molar refractivity (Wildman–Crippen MR) is 108 cm³/mol. The van der Waals surface area contributed by atoms with Crippen molar-refractivity contribution in [2.45, 2.75) is 12.8 Å². The summed E-state index contributed by atoms with van der Waals surface area (Å²) in [4.78, 5) is 30.8. The lowest BCUT2D eigenvalue weighted by atomic mass is 10.2. The number of benzene rings is 2. The zero-order valence-electron chi connectivity index (χ0n) is 14.7. The third-order valence-corrected chi connectivity index (χ3v) is 6.35. The average molecular weight is 374 g/mol. The highest BCUT2D eigenvalue weighted by atomic mass is 32.1. The fraction of sp³-hybridized carbons (Fsp3) is 0.182. The molecule has 0 saturated carbocycles. The van der Waals surface area contributed by atoms with Gasteiger partial charge in [0.1, 0.15) is 0 Å². The highest BCUT2D eigenvalue weighted by Crippen LogP contribution is 2.32. The third-order valence-electron chi connectivity index (χ3n) is 5.29. The Bertz CT molecular complexity index is 974. The molecule has 5 rings (SSSR count). The second kappa shape index (κ2) is 6.35. The first-order chi connectivity index (χ1) is 13.2. The lowest BCUT2D eigenvalue weighted by molar-refractivity contribution is 0.0986. The van der Waals surface area contributed by atoms with Gasteiger partial charge in [0, 0.05) is 24.5 Å². The molecule has 3 heterocycles. The summed E-state index contributed by atoms with van der Waals surface area (Å²) >= 11 is 1.29. The second-order valence-corrected chi connectivity index (χ2v) is 7.92. The van der Waals surface area contributed by atoms with Crippen LogP contribution in [0.2, 0.25) is 0 Å². The summed E-state index contributed by atoms with van der Waals surface area (Å²) in [5.74, 6) is -0.0448. The van der Waals surface area contributed by atoms with E-state index in [0.717, 1.165) is 24.2 Å². The number of anilines is 2. The molecule has 3 aromatic rings. The number of carbonyl (C=O) groups is 2. The van der Waals surface area contributed by atoms with E-state index in [1.807, 2.05) is 46.2 Å². The molecule has 0 fully saturated rings. The molecule has 27 heavy (non-hydrogen) atoms. The Balaban J connectivity index is 1.39. The highest BCUT2D eigenvalue weighted by molar-refractivity contribution is 7.16. The Morgan fingerprint density at radius 1 is 0.667 bits per heavy atom. The van der Waals surface area contributed by atoms with E-state index in [1.54, 1.807) is 12.1 Å². The molecule has 2 aliphatic heterocycles. The quantitative estimate of drug-likeness (QED) is 0.676. The van der Waals surface area contributed by atoms with E-state index in [-0.39, 0.29) is 11.8 Å². The summed E-state index contributed by atoms with van der Waals surface area (Å²) in [7, 11) is 0. The molecule has 0 atom stereocenters. The minimum atomic E-state index is -0.0224. The van der Waals surface area contributed by atoms with Gasteiger partial charge in [0.2, 0.25) is 0 Å². The van der Waals surface area contributed by atoms with Crippen molar-refractivity contribution in [3.63, 3.8) is 0 Å². The minimum Gasteiger partial charge on any atom is -0.307 e. The smallest absolute Gasteiger partial charge is 0.268 e. The maximum Gasteiger partial charge on any atom is 0.268 e. The van der Waals surface area contributed by atoms with Gasteiger partial charge in [-0.1, -0.05) is 36.4 Å². The van der Waals surface area contributed by atoms with Gasteiger partial charge in [-0.25, -0.2) is 0 Å². The van der Waals surface area contributed by atoms with Crippen LogP contribution in [-0.2, 0) is 12.8 Å². The van der Waals surface area contributed by atoms with Crippen molar-refractivity contribution >= 4 is 34.5 Å². The molecule has 134 valence electrons. The number of thiophene rings is 1. The number of nitrogens with zero attached hydrogens (tertiary/aromatic N) is 2. The number of fused-ring (bicyclic) bond motifs is 2. The Morgan fingerprint density at radius 2 is 1.11 bits per heavy atom. The van der Waals surface area contributed by atoms with Crippen LogP contribution in [0.4, 0.5) is 11.4 Å². The molecule has 2 aromatic carbocycles. The number of rotatable bonds is 2. The Morgan fingerprint density at radius 3 is 1.59 bits per heavy atom. The molecule has 0 unspecified atom stereocenters. The Kier molecular flexibility index (Phi) is 3.83. The molecule has 4 nitrogen and oxygen atoms in total. The molecule has 2 aliphatic rings. The van der Waals surface area contributed by atoms with E-state index in [2.05, 4.69) is 12.1 Å². The molecule has 0 N–H and O–H groups in total. The largest absolute Gasteiger partial charge is 0.307 e. The lowest BCUT2D eigenvalue weighted by Gasteiger charge is -2.17. The van der Waals surface area contributed by atoms with E-state index in [9.17, 15) is 9.59 Å². The van der Waals surface area contributed by atoms with Gasteiger partial charge >= 0.3 is 0 Å². The van der Waals surface area contributed by atoms with Crippen LogP contribution in [-0.4, -0.2) is 24.9 Å². The molecule has 5 heteroatoms. The lowest BCUT2D eigenvalue weighted by Crippen LogP contribution is -2.28. The third kappa shape index (κ3) is 2.66. The van der Waals surface area contributed by atoms with Gasteiger partial charge in [0.05, 0.1) is 9.75 Å². The van der Waals surface area contributed by atoms with Gasteiger partial charge in [-0.05, 0) is 48.2 Å². The van der Waals surface area contributed by atoms with Crippen molar-refractivity contribution in [3.05, 3.63) is 81.5 Å². The number of hydrogen-bond acceptors (Lipinski definition) is 3. The zero-order chi connectivity index (χ0) is 18.4. The SMILES string of the molecule is O=C(c1ccc(C(=O)N2CCc3ccccc32)s1)N1CCc2ccccc21. The number of hydrogen-bond donors (Lipinski definition) is 0. The van der Waals surface area contributed by atoms with E-state index >= 15 is 0 Å². The van der Waals surface area contributed by atoms with E-state index in [1.165, 1.54) is 22.5 Å². The average Bonchev–Trinajstić information content (AvgIpc) is 3.44. The van der Waals surface area contributed by atoms with Crippen LogP contribution in [0, 0.1) is 0 Å². The molecule has 0 aliphatic carbocycles. The van der Waals surface area contributed by atoms with Crippen LogP contribution in [0.15, 0.2) is 60.7 Å². The fourth-order valence-electron chi connectivity index (χ4n) is 3.93. The van der Waals surface area contributed by atoms with E-state index in [4.69, 9.17) is 0 Å². The van der Waals surface area contributed by atoms with Gasteiger partial charge < -0.3 is 9.80 Å². The molecular formula is C22H18N2O2S. The summed E-state index contributed by atoms with van der Waals surface area (Å²) < 4.78 is 0. The first-order valence-electron chi connectivity index (χ1n) is 9.12. The second-order valence-electron chi connectivity index (χ2n) is 6.83. The van der Waals surface area contributed by atoms with Crippen LogP contribution in [0.3, 0.4) is 0 Å². The highest BCUT2D eigenvalue weighted by Gasteiger charge is 2.29. The summed E-state index contributed by atoms with van der Waals surface area (Å²) in [6.07, 6.45) is 1.76. The summed E-state index contributed by atoms with van der Waals surface area (Å²) in [5, 5.41) is 0. The summed E-state index contributed by atoms with van der Waals surface area (Å²) in [5.41, 5.74) is 4.37. The summed E-state index contributed by atoms with van der Waals surface area (Å²) in [6, 6.07) is 19.6. The minimum absolute atomic E-state index is 0.0224. The fourth-order valence-corrected chi connectivity index (χ4v) is 4.84. The van der Waals surface area contributed by atoms with Crippen LogP contribution < -0.4 is 9.80 Å². The molecule has 1 aromatic heterocycles. The van der Waals surface area contributed by atoms with Crippen LogP contribution in [0.1, 0.15) is 30.5 Å². The van der Waals surface area contributed by atoms with Gasteiger partial charge in [0.15, 0.2) is 0 Å². The molecular weight excluding hydrogens is 356 g/mol. The monoisotopic (exact) mass is 374 g/mol. The van der Waals surface area contributed by atoms with Crippen molar-refractivity contribution in [1.82, 2.24) is 0 Å². The number of carbonyl (C=O) groups excluding carboxylic acids is 2. The van der Waals surface area contributed by atoms with Gasteiger partial charge in [-0.3, -0.25) is 9.59 Å². The van der Waals surface area contributed by atoms with Crippen molar-refractivity contribution < 1.29 is 9.59 Å². The number of amides is 2. The van der Waals surface area contributed by atoms with Gasteiger partial charge in [-0.15, -0.1) is 11.3 Å². The standard InChI is InChI=1S/C22H18N2O2S/c25-21(23-13-11-15-5-1-3-7-17(15)23)19-9-10-20(27-19)22(26)24-14-12-16-6-2-4-8-18(16)24/h1-10H,11-14H2. The van der Waals surface area contributed by atoms with E-state index < -0.39 is 0 Å². The maximum absolute atomic E-state index is 13.0. The topological polar surface area (TPSA) is 40.6 Å². The van der Waals surface area contributed by atoms with Crippen LogP contribution in [0.25, 0.3) is 0 Å². The molecule has 0 saturated heterocycles. The van der Waals surface area contributed by atoms with E-state index in [0.29, 0.717) is 22.8 Å². The molecule has 0 radical (unpaired) electrons. The zero-order valence-corrected chi connectivity index (χ0v) is 15.5.